The second-order valence-electron chi connectivity index (χ2n) is 5.55. The first-order valence-electron chi connectivity index (χ1n) is 5.82. The molecule has 1 rings (SSSR count). The van der Waals surface area contributed by atoms with Gasteiger partial charge < -0.3 is 4.90 Å². The normalized spacial score (nSPS) is 24.4. The maximum absolute atomic E-state index is 3.48. The minimum atomic E-state index is 0.504. The molecule has 0 bridgehead atoms. The first-order chi connectivity index (χ1) is 6.54. The van der Waals surface area contributed by atoms with Crippen LogP contribution in [0.1, 0.15) is 40.0 Å². The fourth-order valence-corrected chi connectivity index (χ4v) is 2.57. The van der Waals surface area contributed by atoms with Crippen LogP contribution in [0.5, 0.6) is 0 Å². The van der Waals surface area contributed by atoms with E-state index in [4.69, 9.17) is 0 Å². The molecule has 2 heteroatoms. The maximum Gasteiger partial charge on any atom is 0.00317 e. The lowest BCUT2D eigenvalue weighted by Gasteiger charge is -2.27. The second kappa shape index (κ2) is 5.50. The van der Waals surface area contributed by atoms with E-state index in [1.807, 2.05) is 0 Å². The smallest absolute Gasteiger partial charge is 0.00317 e. The van der Waals surface area contributed by atoms with Gasteiger partial charge in [0.05, 0.1) is 0 Å². The molecular weight excluding hydrogens is 238 g/mol. The van der Waals surface area contributed by atoms with Crippen molar-refractivity contribution < 1.29 is 0 Å². The zero-order chi connectivity index (χ0) is 10.6. The molecule has 1 fully saturated rings. The largest absolute Gasteiger partial charge is 0.303 e. The summed E-state index contributed by atoms with van der Waals surface area (Å²) in [6.45, 7) is 11.1. The lowest BCUT2D eigenvalue weighted by molar-refractivity contribution is 0.228. The number of hydrogen-bond acceptors (Lipinski definition) is 1. The van der Waals surface area contributed by atoms with Gasteiger partial charge in [-0.15, -0.1) is 0 Å². The molecule has 0 aromatic rings. The van der Waals surface area contributed by atoms with Crippen molar-refractivity contribution in [2.75, 3.05) is 25.0 Å². The van der Waals surface area contributed by atoms with Crippen molar-refractivity contribution in [2.45, 2.75) is 40.0 Å². The highest BCUT2D eigenvalue weighted by Crippen LogP contribution is 2.33. The van der Waals surface area contributed by atoms with Crippen LogP contribution in [-0.4, -0.2) is 29.9 Å². The standard InChI is InChI=1S/C12H24BrN/c1-12(2,3)11-6-9-14(10-11)8-5-4-7-13/h11H,4-10H2,1-3H3. The molecule has 1 aliphatic rings. The molecular formula is C12H24BrN. The Bertz CT molecular complexity index is 162. The summed E-state index contributed by atoms with van der Waals surface area (Å²) in [7, 11) is 0. The molecule has 1 unspecified atom stereocenters. The van der Waals surface area contributed by atoms with E-state index in [0.717, 1.165) is 11.2 Å². The van der Waals surface area contributed by atoms with Crippen LogP contribution in [0.15, 0.2) is 0 Å². The van der Waals surface area contributed by atoms with Gasteiger partial charge in [-0.2, -0.15) is 0 Å². The summed E-state index contributed by atoms with van der Waals surface area (Å²) >= 11 is 3.48. The molecule has 0 amide bonds. The maximum atomic E-state index is 3.48. The van der Waals surface area contributed by atoms with Crippen LogP contribution in [0, 0.1) is 11.3 Å². The molecule has 0 spiro atoms. The number of hydrogen-bond donors (Lipinski definition) is 0. The van der Waals surface area contributed by atoms with Crippen molar-refractivity contribution in [2.24, 2.45) is 11.3 Å². The molecule has 0 aromatic heterocycles. The van der Waals surface area contributed by atoms with Crippen LogP contribution >= 0.6 is 15.9 Å². The second-order valence-corrected chi connectivity index (χ2v) is 6.34. The highest BCUT2D eigenvalue weighted by atomic mass is 79.9. The third kappa shape index (κ3) is 3.90. The van der Waals surface area contributed by atoms with Gasteiger partial charge in [-0.3, -0.25) is 0 Å². The third-order valence-electron chi connectivity index (χ3n) is 3.36. The Kier molecular flexibility index (Phi) is 4.92. The van der Waals surface area contributed by atoms with Crippen molar-refractivity contribution in [3.63, 3.8) is 0 Å². The van der Waals surface area contributed by atoms with Gasteiger partial charge in [0, 0.05) is 11.9 Å². The quantitative estimate of drug-likeness (QED) is 0.553. The van der Waals surface area contributed by atoms with Crippen molar-refractivity contribution in [3.05, 3.63) is 0 Å². The Morgan fingerprint density at radius 3 is 2.50 bits per heavy atom. The van der Waals surface area contributed by atoms with Crippen LogP contribution < -0.4 is 0 Å². The van der Waals surface area contributed by atoms with E-state index in [1.165, 1.54) is 38.9 Å². The van der Waals surface area contributed by atoms with Gasteiger partial charge in [-0.1, -0.05) is 36.7 Å². The van der Waals surface area contributed by atoms with Gasteiger partial charge in [0.25, 0.3) is 0 Å². The predicted octanol–water partition coefficient (Wildman–Crippen LogP) is 3.53. The molecule has 1 saturated heterocycles. The summed E-state index contributed by atoms with van der Waals surface area (Å²) in [5.74, 6) is 0.909. The zero-order valence-electron chi connectivity index (χ0n) is 9.85. The summed E-state index contributed by atoms with van der Waals surface area (Å²) in [5, 5.41) is 1.16. The van der Waals surface area contributed by atoms with E-state index in [2.05, 4.69) is 41.6 Å². The molecule has 1 nitrogen and oxygen atoms in total. The minimum Gasteiger partial charge on any atom is -0.303 e. The van der Waals surface area contributed by atoms with Crippen molar-refractivity contribution in [1.29, 1.82) is 0 Å². The summed E-state index contributed by atoms with van der Waals surface area (Å²) in [5.41, 5.74) is 0.504. The molecule has 1 heterocycles. The molecule has 1 atom stereocenters. The number of nitrogens with zero attached hydrogens (tertiary/aromatic N) is 1. The van der Waals surface area contributed by atoms with Gasteiger partial charge >= 0.3 is 0 Å². The van der Waals surface area contributed by atoms with Gasteiger partial charge in [0.1, 0.15) is 0 Å². The number of rotatable bonds is 4. The first kappa shape index (κ1) is 12.5. The van der Waals surface area contributed by atoms with Crippen LogP contribution in [0.3, 0.4) is 0 Å². The fraction of sp³-hybridized carbons (Fsp3) is 1.00. The number of halogens is 1. The average Bonchev–Trinajstić information content (AvgIpc) is 2.52. The Morgan fingerprint density at radius 2 is 2.00 bits per heavy atom. The molecule has 0 aliphatic carbocycles. The van der Waals surface area contributed by atoms with Gasteiger partial charge in [-0.25, -0.2) is 0 Å². The number of likely N-dealkylation sites (tertiary alicyclic amines) is 1. The molecule has 0 saturated carbocycles. The Labute approximate surface area is 97.4 Å². The van der Waals surface area contributed by atoms with Crippen molar-refractivity contribution in [1.82, 2.24) is 4.90 Å². The Balaban J connectivity index is 2.21. The van der Waals surface area contributed by atoms with Crippen LogP contribution in [0.25, 0.3) is 0 Å². The lowest BCUT2D eigenvalue weighted by atomic mass is 9.80. The van der Waals surface area contributed by atoms with Crippen molar-refractivity contribution in [3.8, 4) is 0 Å². The first-order valence-corrected chi connectivity index (χ1v) is 6.94. The monoisotopic (exact) mass is 261 g/mol. The Hall–Kier alpha value is 0.440. The van der Waals surface area contributed by atoms with Gasteiger partial charge in [0.15, 0.2) is 0 Å². The van der Waals surface area contributed by atoms with Crippen LogP contribution in [0.2, 0.25) is 0 Å². The summed E-state index contributed by atoms with van der Waals surface area (Å²) in [6, 6.07) is 0. The van der Waals surface area contributed by atoms with Crippen molar-refractivity contribution >= 4 is 15.9 Å². The zero-order valence-corrected chi connectivity index (χ0v) is 11.4. The Morgan fingerprint density at radius 1 is 1.29 bits per heavy atom. The molecule has 0 N–H and O–H groups in total. The topological polar surface area (TPSA) is 3.24 Å². The van der Waals surface area contributed by atoms with Gasteiger partial charge in [-0.05, 0) is 43.7 Å². The molecule has 1 aliphatic heterocycles. The fourth-order valence-electron chi connectivity index (χ4n) is 2.17. The highest BCUT2D eigenvalue weighted by Gasteiger charge is 2.31. The van der Waals surface area contributed by atoms with E-state index < -0.39 is 0 Å². The average molecular weight is 262 g/mol. The third-order valence-corrected chi connectivity index (χ3v) is 3.92. The van der Waals surface area contributed by atoms with E-state index in [1.54, 1.807) is 0 Å². The lowest BCUT2D eigenvalue weighted by Crippen LogP contribution is -2.26. The summed E-state index contributed by atoms with van der Waals surface area (Å²) in [6.07, 6.45) is 4.07. The number of unbranched alkanes of at least 4 members (excludes halogenated alkanes) is 1. The number of alkyl halides is 1. The van der Waals surface area contributed by atoms with E-state index in [-0.39, 0.29) is 0 Å². The summed E-state index contributed by atoms with van der Waals surface area (Å²) in [4.78, 5) is 2.64. The van der Waals surface area contributed by atoms with Crippen LogP contribution in [0.4, 0.5) is 0 Å². The molecule has 0 radical (unpaired) electrons. The highest BCUT2D eigenvalue weighted by molar-refractivity contribution is 9.09. The minimum absolute atomic E-state index is 0.504. The molecule has 14 heavy (non-hydrogen) atoms. The SMILES string of the molecule is CC(C)(C)C1CCN(CCCCBr)C1. The van der Waals surface area contributed by atoms with Gasteiger partial charge in [0.2, 0.25) is 0 Å². The van der Waals surface area contributed by atoms with E-state index in [9.17, 15) is 0 Å². The van der Waals surface area contributed by atoms with E-state index >= 15 is 0 Å². The van der Waals surface area contributed by atoms with E-state index in [0.29, 0.717) is 5.41 Å². The predicted molar refractivity (Wildman–Crippen MR) is 67.0 cm³/mol. The molecule has 0 aromatic carbocycles. The van der Waals surface area contributed by atoms with Crippen LogP contribution in [-0.2, 0) is 0 Å². The summed E-state index contributed by atoms with van der Waals surface area (Å²) < 4.78 is 0. The molecule has 84 valence electrons.